The average molecular weight is 396 g/mol. The Morgan fingerprint density at radius 3 is 2.07 bits per heavy atom. The number of methoxy groups -OCH3 is 1. The Morgan fingerprint density at radius 2 is 1.64 bits per heavy atom. The second-order valence-electron chi connectivity index (χ2n) is 7.92. The molecule has 2 atom stereocenters. The lowest BCUT2D eigenvalue weighted by molar-refractivity contribution is -0.136. The number of nitrogens with zero attached hydrogens (tertiary/aromatic N) is 2. The van der Waals surface area contributed by atoms with Gasteiger partial charge in [0.1, 0.15) is 16.9 Å². The zero-order valence-corrected chi connectivity index (χ0v) is 16.9. The predicted octanol–water partition coefficient (Wildman–Crippen LogP) is 1.55. The van der Waals surface area contributed by atoms with Crippen molar-refractivity contribution in [2.75, 3.05) is 33.3 Å². The summed E-state index contributed by atoms with van der Waals surface area (Å²) in [7, 11) is 1.32. The first kappa shape index (κ1) is 21.7. The van der Waals surface area contributed by atoms with Crippen molar-refractivity contribution in [3.8, 4) is 0 Å². The standard InChI is InChI=1S/C19H28N2O7/c1-11-12(10-13(27-5)15(17(24)25)14(11)16(22)23)20-6-8-21(9-7-20)18(26)28-19(2,3)4/h10-12H,6-9H2,1-5H3,(H,22,23)(H,24,25). The van der Waals surface area contributed by atoms with Crippen molar-refractivity contribution in [1.29, 1.82) is 0 Å². The van der Waals surface area contributed by atoms with Gasteiger partial charge in [-0.25, -0.2) is 14.4 Å². The molecule has 1 saturated heterocycles. The molecule has 1 amide bonds. The van der Waals surface area contributed by atoms with E-state index in [-0.39, 0.29) is 29.0 Å². The Kier molecular flexibility index (Phi) is 6.38. The van der Waals surface area contributed by atoms with Gasteiger partial charge in [-0.1, -0.05) is 6.92 Å². The number of piperazine rings is 1. The van der Waals surface area contributed by atoms with Crippen molar-refractivity contribution < 1.29 is 34.1 Å². The number of carbonyl (C=O) groups excluding carboxylic acids is 1. The molecule has 0 aromatic heterocycles. The first-order valence-corrected chi connectivity index (χ1v) is 9.15. The van der Waals surface area contributed by atoms with Gasteiger partial charge >= 0.3 is 18.0 Å². The Bertz CT molecular complexity index is 712. The van der Waals surface area contributed by atoms with Gasteiger partial charge < -0.3 is 24.6 Å². The van der Waals surface area contributed by atoms with Crippen LogP contribution in [0.3, 0.4) is 0 Å². The van der Waals surface area contributed by atoms with E-state index in [2.05, 4.69) is 0 Å². The van der Waals surface area contributed by atoms with Crippen LogP contribution in [0.25, 0.3) is 0 Å². The van der Waals surface area contributed by atoms with E-state index in [9.17, 15) is 24.6 Å². The molecular formula is C19H28N2O7. The van der Waals surface area contributed by atoms with Crippen LogP contribution in [0, 0.1) is 5.92 Å². The molecule has 0 spiro atoms. The van der Waals surface area contributed by atoms with Crippen LogP contribution < -0.4 is 0 Å². The first-order valence-electron chi connectivity index (χ1n) is 9.15. The molecular weight excluding hydrogens is 368 g/mol. The van der Waals surface area contributed by atoms with E-state index >= 15 is 0 Å². The van der Waals surface area contributed by atoms with Gasteiger partial charge in [0, 0.05) is 38.1 Å². The van der Waals surface area contributed by atoms with E-state index in [0.717, 1.165) is 0 Å². The zero-order chi connectivity index (χ0) is 21.2. The number of hydrogen-bond donors (Lipinski definition) is 2. The van der Waals surface area contributed by atoms with Crippen LogP contribution in [-0.4, -0.2) is 83.0 Å². The Morgan fingerprint density at radius 1 is 1.07 bits per heavy atom. The first-order chi connectivity index (χ1) is 13.0. The van der Waals surface area contributed by atoms with Crippen LogP contribution in [0.2, 0.25) is 0 Å². The maximum atomic E-state index is 12.2. The lowest BCUT2D eigenvalue weighted by Crippen LogP contribution is -2.54. The summed E-state index contributed by atoms with van der Waals surface area (Å²) in [5.74, 6) is -3.10. The SMILES string of the molecule is COC1=CC(N2CCN(C(=O)OC(C)(C)C)CC2)C(C)C(C(=O)O)=C1C(=O)O. The van der Waals surface area contributed by atoms with Crippen LogP contribution in [0.4, 0.5) is 4.79 Å². The minimum atomic E-state index is -1.33. The molecule has 0 radical (unpaired) electrons. The summed E-state index contributed by atoms with van der Waals surface area (Å²) in [5.41, 5.74) is -1.06. The fraction of sp³-hybridized carbons (Fsp3) is 0.632. The molecule has 9 heteroatoms. The zero-order valence-electron chi connectivity index (χ0n) is 16.9. The third-order valence-electron chi connectivity index (χ3n) is 4.86. The van der Waals surface area contributed by atoms with E-state index in [4.69, 9.17) is 9.47 Å². The normalized spacial score (nSPS) is 23.9. The smallest absolute Gasteiger partial charge is 0.410 e. The van der Waals surface area contributed by atoms with E-state index in [1.54, 1.807) is 17.9 Å². The van der Waals surface area contributed by atoms with Crippen LogP contribution in [0.5, 0.6) is 0 Å². The Labute approximate surface area is 164 Å². The lowest BCUT2D eigenvalue weighted by Gasteiger charge is -2.42. The van der Waals surface area contributed by atoms with Crippen LogP contribution in [-0.2, 0) is 19.1 Å². The molecule has 0 saturated carbocycles. The molecule has 1 aliphatic carbocycles. The minimum Gasteiger partial charge on any atom is -0.496 e. The molecule has 1 heterocycles. The Balaban J connectivity index is 2.17. The summed E-state index contributed by atoms with van der Waals surface area (Å²) in [6.45, 7) is 9.01. The van der Waals surface area contributed by atoms with E-state index in [0.29, 0.717) is 26.2 Å². The highest BCUT2D eigenvalue weighted by molar-refractivity contribution is 6.02. The molecule has 2 aliphatic rings. The fourth-order valence-electron chi connectivity index (χ4n) is 3.56. The second kappa shape index (κ2) is 8.22. The van der Waals surface area contributed by atoms with Crippen molar-refractivity contribution in [3.63, 3.8) is 0 Å². The number of carboxylic acids is 2. The number of carboxylic acid groups (broad SMARTS) is 2. The van der Waals surface area contributed by atoms with Crippen molar-refractivity contribution in [2.45, 2.75) is 39.3 Å². The summed E-state index contributed by atoms with van der Waals surface area (Å²) in [6.07, 6.45) is 1.28. The lowest BCUT2D eigenvalue weighted by atomic mass is 9.82. The van der Waals surface area contributed by atoms with Crippen LogP contribution >= 0.6 is 0 Å². The number of carbonyl (C=O) groups is 3. The van der Waals surface area contributed by atoms with E-state index in [1.807, 2.05) is 25.7 Å². The summed E-state index contributed by atoms with van der Waals surface area (Å²) in [4.78, 5) is 39.2. The van der Waals surface area contributed by atoms with Crippen molar-refractivity contribution in [3.05, 3.63) is 23.0 Å². The average Bonchev–Trinajstić information content (AvgIpc) is 2.59. The molecule has 1 fully saturated rings. The monoisotopic (exact) mass is 396 g/mol. The molecule has 9 nitrogen and oxygen atoms in total. The summed E-state index contributed by atoms with van der Waals surface area (Å²) < 4.78 is 10.6. The molecule has 1 aliphatic heterocycles. The minimum absolute atomic E-state index is 0.0440. The van der Waals surface area contributed by atoms with E-state index < -0.39 is 23.5 Å². The van der Waals surface area contributed by atoms with Gasteiger partial charge in [-0.3, -0.25) is 4.90 Å². The molecule has 0 aromatic rings. The second-order valence-corrected chi connectivity index (χ2v) is 7.92. The van der Waals surface area contributed by atoms with Gasteiger partial charge in [-0.2, -0.15) is 0 Å². The molecule has 156 valence electrons. The third-order valence-corrected chi connectivity index (χ3v) is 4.86. The Hall–Kier alpha value is -2.55. The molecule has 2 unspecified atom stereocenters. The van der Waals surface area contributed by atoms with Crippen LogP contribution in [0.1, 0.15) is 27.7 Å². The number of hydrogen-bond acceptors (Lipinski definition) is 6. The quantitative estimate of drug-likeness (QED) is 0.735. The maximum Gasteiger partial charge on any atom is 0.410 e. The van der Waals surface area contributed by atoms with Crippen molar-refractivity contribution in [1.82, 2.24) is 9.80 Å². The number of amides is 1. The summed E-state index contributed by atoms with van der Waals surface area (Å²) >= 11 is 0. The highest BCUT2D eigenvalue weighted by Gasteiger charge is 2.40. The molecule has 2 rings (SSSR count). The largest absolute Gasteiger partial charge is 0.496 e. The van der Waals surface area contributed by atoms with Gasteiger partial charge in [0.2, 0.25) is 0 Å². The third kappa shape index (κ3) is 4.64. The van der Waals surface area contributed by atoms with Gasteiger partial charge in [0.25, 0.3) is 0 Å². The van der Waals surface area contributed by atoms with Crippen molar-refractivity contribution >= 4 is 18.0 Å². The number of aliphatic carboxylic acids is 2. The molecule has 2 N–H and O–H groups in total. The maximum absolute atomic E-state index is 12.2. The summed E-state index contributed by atoms with van der Waals surface area (Å²) in [6, 6.07) is -0.343. The van der Waals surface area contributed by atoms with Gasteiger partial charge in [-0.15, -0.1) is 0 Å². The van der Waals surface area contributed by atoms with E-state index in [1.165, 1.54) is 7.11 Å². The number of ether oxygens (including phenoxy) is 2. The van der Waals surface area contributed by atoms with Gasteiger partial charge in [-0.05, 0) is 26.8 Å². The number of rotatable bonds is 4. The van der Waals surface area contributed by atoms with Crippen molar-refractivity contribution in [2.24, 2.45) is 5.92 Å². The fourth-order valence-corrected chi connectivity index (χ4v) is 3.56. The molecule has 0 aromatic carbocycles. The topological polar surface area (TPSA) is 117 Å². The highest BCUT2D eigenvalue weighted by Crippen LogP contribution is 2.34. The predicted molar refractivity (Wildman–Crippen MR) is 99.7 cm³/mol. The van der Waals surface area contributed by atoms with Crippen LogP contribution in [0.15, 0.2) is 23.0 Å². The highest BCUT2D eigenvalue weighted by atomic mass is 16.6. The molecule has 0 bridgehead atoms. The summed E-state index contributed by atoms with van der Waals surface area (Å²) in [5, 5.41) is 19.0. The molecule has 28 heavy (non-hydrogen) atoms. The van der Waals surface area contributed by atoms with Gasteiger partial charge in [0.05, 0.1) is 12.7 Å². The van der Waals surface area contributed by atoms with Gasteiger partial charge in [0.15, 0.2) is 0 Å².